The van der Waals surface area contributed by atoms with E-state index in [-0.39, 0.29) is 6.10 Å². The molecule has 0 spiro atoms. The minimum atomic E-state index is 0.284. The summed E-state index contributed by atoms with van der Waals surface area (Å²) in [6, 6.07) is 0. The highest BCUT2D eigenvalue weighted by atomic mass is 16.5. The fourth-order valence-corrected chi connectivity index (χ4v) is 1.20. The van der Waals surface area contributed by atoms with E-state index in [1.165, 1.54) is 12.8 Å². The predicted molar refractivity (Wildman–Crippen MR) is 64.3 cm³/mol. The first-order valence-electron chi connectivity index (χ1n) is 6.21. The second-order valence-corrected chi connectivity index (χ2v) is 3.85. The topological polar surface area (TPSA) is 30.5 Å². The second-order valence-electron chi connectivity index (χ2n) is 3.85. The molecule has 92 valence electrons. The van der Waals surface area contributed by atoms with Gasteiger partial charge in [0.2, 0.25) is 0 Å². The Labute approximate surface area is 94.5 Å². The molecule has 1 unspecified atom stereocenters. The highest BCUT2D eigenvalue weighted by Gasteiger charge is 2.00. The van der Waals surface area contributed by atoms with Crippen molar-refractivity contribution in [1.29, 1.82) is 0 Å². The minimum Gasteiger partial charge on any atom is -0.379 e. The standard InChI is InChI=1S/C12H27NO2/c1-4-6-8-14-9-10-15-12(3)11-13-7-5-2/h12-13H,4-11H2,1-3H3. The third kappa shape index (κ3) is 11.8. The highest BCUT2D eigenvalue weighted by molar-refractivity contribution is 4.54. The minimum absolute atomic E-state index is 0.284. The maximum Gasteiger partial charge on any atom is 0.0704 e. The molecule has 0 aliphatic carbocycles. The molecule has 0 rings (SSSR count). The van der Waals surface area contributed by atoms with Crippen LogP contribution in [0.1, 0.15) is 40.0 Å². The van der Waals surface area contributed by atoms with Gasteiger partial charge < -0.3 is 14.8 Å². The molecule has 0 radical (unpaired) electrons. The van der Waals surface area contributed by atoms with Crippen LogP contribution in [0.5, 0.6) is 0 Å². The van der Waals surface area contributed by atoms with E-state index in [9.17, 15) is 0 Å². The van der Waals surface area contributed by atoms with Crippen LogP contribution in [0.3, 0.4) is 0 Å². The van der Waals surface area contributed by atoms with E-state index < -0.39 is 0 Å². The van der Waals surface area contributed by atoms with E-state index in [2.05, 4.69) is 26.1 Å². The second kappa shape index (κ2) is 12.0. The van der Waals surface area contributed by atoms with Crippen molar-refractivity contribution in [3.05, 3.63) is 0 Å². The van der Waals surface area contributed by atoms with Crippen LogP contribution in [0.4, 0.5) is 0 Å². The Bertz CT molecular complexity index is 120. The van der Waals surface area contributed by atoms with Crippen molar-refractivity contribution in [1.82, 2.24) is 5.32 Å². The fourth-order valence-electron chi connectivity index (χ4n) is 1.20. The summed E-state index contributed by atoms with van der Waals surface area (Å²) in [5, 5.41) is 3.33. The lowest BCUT2D eigenvalue weighted by Crippen LogP contribution is -2.28. The first-order chi connectivity index (χ1) is 7.31. The van der Waals surface area contributed by atoms with Crippen molar-refractivity contribution in [3.63, 3.8) is 0 Å². The number of hydrogen-bond donors (Lipinski definition) is 1. The van der Waals surface area contributed by atoms with Crippen LogP contribution in [-0.4, -0.2) is 39.0 Å². The molecule has 0 amide bonds. The summed E-state index contributed by atoms with van der Waals surface area (Å²) in [5.41, 5.74) is 0. The third-order valence-corrected chi connectivity index (χ3v) is 2.13. The zero-order chi connectivity index (χ0) is 11.4. The molecule has 0 aromatic rings. The number of unbranched alkanes of at least 4 members (excludes halogenated alkanes) is 1. The summed E-state index contributed by atoms with van der Waals surface area (Å²) >= 11 is 0. The molecular formula is C12H27NO2. The Balaban J connectivity index is 3.06. The van der Waals surface area contributed by atoms with Gasteiger partial charge in [-0.2, -0.15) is 0 Å². The zero-order valence-corrected chi connectivity index (χ0v) is 10.6. The van der Waals surface area contributed by atoms with Gasteiger partial charge in [-0.1, -0.05) is 20.3 Å². The van der Waals surface area contributed by atoms with Gasteiger partial charge in [-0.15, -0.1) is 0 Å². The Morgan fingerprint density at radius 3 is 2.53 bits per heavy atom. The molecule has 3 heteroatoms. The lowest BCUT2D eigenvalue weighted by Gasteiger charge is -2.13. The molecule has 0 saturated carbocycles. The summed E-state index contributed by atoms with van der Waals surface area (Å²) in [6.45, 7) is 10.7. The Morgan fingerprint density at radius 1 is 1.07 bits per heavy atom. The molecule has 1 N–H and O–H groups in total. The van der Waals surface area contributed by atoms with Crippen LogP contribution in [0, 0.1) is 0 Å². The molecule has 15 heavy (non-hydrogen) atoms. The van der Waals surface area contributed by atoms with Gasteiger partial charge in [0.05, 0.1) is 19.3 Å². The molecule has 0 aromatic heterocycles. The van der Waals surface area contributed by atoms with Crippen molar-refractivity contribution in [2.24, 2.45) is 0 Å². The van der Waals surface area contributed by atoms with Gasteiger partial charge in [0, 0.05) is 13.2 Å². The Hall–Kier alpha value is -0.120. The van der Waals surface area contributed by atoms with Crippen molar-refractivity contribution >= 4 is 0 Å². The fraction of sp³-hybridized carbons (Fsp3) is 1.00. The van der Waals surface area contributed by atoms with Crippen molar-refractivity contribution in [2.45, 2.75) is 46.1 Å². The van der Waals surface area contributed by atoms with Crippen molar-refractivity contribution in [3.8, 4) is 0 Å². The van der Waals surface area contributed by atoms with E-state index in [1.807, 2.05) is 0 Å². The van der Waals surface area contributed by atoms with E-state index >= 15 is 0 Å². The zero-order valence-electron chi connectivity index (χ0n) is 10.6. The lowest BCUT2D eigenvalue weighted by molar-refractivity contribution is 0.0123. The van der Waals surface area contributed by atoms with Crippen molar-refractivity contribution in [2.75, 3.05) is 32.9 Å². The monoisotopic (exact) mass is 217 g/mol. The van der Waals surface area contributed by atoms with Gasteiger partial charge >= 0.3 is 0 Å². The van der Waals surface area contributed by atoms with Gasteiger partial charge in [-0.05, 0) is 26.3 Å². The average molecular weight is 217 g/mol. The molecule has 0 aliphatic heterocycles. The first kappa shape index (κ1) is 14.9. The first-order valence-corrected chi connectivity index (χ1v) is 6.21. The molecule has 0 heterocycles. The van der Waals surface area contributed by atoms with Gasteiger partial charge in [0.25, 0.3) is 0 Å². The average Bonchev–Trinajstić information content (AvgIpc) is 2.23. The Kier molecular flexibility index (Phi) is 11.9. The van der Waals surface area contributed by atoms with Crippen LogP contribution in [-0.2, 0) is 9.47 Å². The van der Waals surface area contributed by atoms with Crippen LogP contribution in [0.25, 0.3) is 0 Å². The normalized spacial score (nSPS) is 13.0. The van der Waals surface area contributed by atoms with Crippen molar-refractivity contribution < 1.29 is 9.47 Å². The van der Waals surface area contributed by atoms with E-state index in [0.29, 0.717) is 6.61 Å². The van der Waals surface area contributed by atoms with Crippen LogP contribution in [0.2, 0.25) is 0 Å². The SMILES string of the molecule is CCCCOCCOC(C)CNCCC. The Morgan fingerprint density at radius 2 is 1.87 bits per heavy atom. The number of ether oxygens (including phenoxy) is 2. The number of nitrogens with one attached hydrogen (secondary N) is 1. The molecule has 3 nitrogen and oxygen atoms in total. The molecule has 0 aromatic carbocycles. The van der Waals surface area contributed by atoms with Crippen LogP contribution < -0.4 is 5.32 Å². The van der Waals surface area contributed by atoms with E-state index in [4.69, 9.17) is 9.47 Å². The molecule has 0 aliphatic rings. The number of hydrogen-bond acceptors (Lipinski definition) is 3. The summed E-state index contributed by atoms with van der Waals surface area (Å²) in [6.07, 6.45) is 3.80. The van der Waals surface area contributed by atoms with Gasteiger partial charge in [-0.3, -0.25) is 0 Å². The molecule has 0 bridgehead atoms. The summed E-state index contributed by atoms with van der Waals surface area (Å²) in [5.74, 6) is 0. The maximum absolute atomic E-state index is 5.58. The molecule has 0 fully saturated rings. The molecule has 1 atom stereocenters. The van der Waals surface area contributed by atoms with Gasteiger partial charge in [-0.25, -0.2) is 0 Å². The quantitative estimate of drug-likeness (QED) is 0.538. The highest BCUT2D eigenvalue weighted by Crippen LogP contribution is 1.91. The third-order valence-electron chi connectivity index (χ3n) is 2.13. The molecule has 0 saturated heterocycles. The van der Waals surface area contributed by atoms with E-state index in [0.717, 1.165) is 32.7 Å². The maximum atomic E-state index is 5.58. The van der Waals surface area contributed by atoms with E-state index in [1.54, 1.807) is 0 Å². The lowest BCUT2D eigenvalue weighted by atomic mass is 10.4. The van der Waals surface area contributed by atoms with Crippen LogP contribution in [0.15, 0.2) is 0 Å². The molecular weight excluding hydrogens is 190 g/mol. The van der Waals surface area contributed by atoms with Gasteiger partial charge in [0.1, 0.15) is 0 Å². The largest absolute Gasteiger partial charge is 0.379 e. The van der Waals surface area contributed by atoms with Gasteiger partial charge in [0.15, 0.2) is 0 Å². The number of rotatable bonds is 11. The summed E-state index contributed by atoms with van der Waals surface area (Å²) in [7, 11) is 0. The predicted octanol–water partition coefficient (Wildman–Crippen LogP) is 2.21. The summed E-state index contributed by atoms with van der Waals surface area (Å²) in [4.78, 5) is 0. The summed E-state index contributed by atoms with van der Waals surface area (Å²) < 4.78 is 11.0. The van der Waals surface area contributed by atoms with Crippen LogP contribution >= 0.6 is 0 Å². The smallest absolute Gasteiger partial charge is 0.0704 e.